The Kier molecular flexibility index (Phi) is 6.23. The molecule has 2 aromatic carbocycles. The van der Waals surface area contributed by atoms with Crippen molar-refractivity contribution in [1.29, 1.82) is 5.26 Å². The first-order valence-corrected chi connectivity index (χ1v) is 8.07. The van der Waals surface area contributed by atoms with Gasteiger partial charge in [-0.15, -0.1) is 0 Å². The second-order valence-corrected chi connectivity index (χ2v) is 5.68. The van der Waals surface area contributed by atoms with Crippen LogP contribution in [0.3, 0.4) is 0 Å². The molecule has 0 saturated carbocycles. The molecule has 0 aliphatic carbocycles. The summed E-state index contributed by atoms with van der Waals surface area (Å²) in [6.07, 6.45) is -3.66. The third-order valence-electron chi connectivity index (χ3n) is 3.68. The van der Waals surface area contributed by atoms with Gasteiger partial charge in [0.15, 0.2) is 0 Å². The van der Waals surface area contributed by atoms with Crippen LogP contribution in [0.4, 0.5) is 18.9 Å². The summed E-state index contributed by atoms with van der Waals surface area (Å²) in [7, 11) is 0. The van der Waals surface area contributed by atoms with Gasteiger partial charge >= 0.3 is 6.18 Å². The average molecular weight is 361 g/mol. The zero-order valence-electron chi connectivity index (χ0n) is 14.2. The highest BCUT2D eigenvalue weighted by molar-refractivity contribution is 5.94. The Hall–Kier alpha value is -3.01. The number of nitriles is 1. The molecule has 26 heavy (non-hydrogen) atoms. The molecule has 7 heteroatoms. The van der Waals surface area contributed by atoms with Crippen LogP contribution in [0.5, 0.6) is 0 Å². The maximum Gasteiger partial charge on any atom is 0.416 e. The fraction of sp³-hybridized carbons (Fsp3) is 0.263. The Balaban J connectivity index is 2.12. The second-order valence-electron chi connectivity index (χ2n) is 5.68. The fourth-order valence-corrected chi connectivity index (χ4v) is 2.33. The van der Waals surface area contributed by atoms with Crippen LogP contribution in [0.25, 0.3) is 0 Å². The van der Waals surface area contributed by atoms with Gasteiger partial charge in [0.25, 0.3) is 5.91 Å². The van der Waals surface area contributed by atoms with E-state index in [0.29, 0.717) is 17.8 Å². The minimum absolute atomic E-state index is 0.0864. The third kappa shape index (κ3) is 4.99. The number of carbonyl (C=O) groups is 1. The van der Waals surface area contributed by atoms with Crippen LogP contribution in [0.15, 0.2) is 42.5 Å². The van der Waals surface area contributed by atoms with Gasteiger partial charge in [0, 0.05) is 18.7 Å². The predicted molar refractivity (Wildman–Crippen MR) is 92.6 cm³/mol. The minimum atomic E-state index is -4.50. The van der Waals surface area contributed by atoms with E-state index in [0.717, 1.165) is 24.1 Å². The monoisotopic (exact) mass is 361 g/mol. The van der Waals surface area contributed by atoms with Crippen LogP contribution in [0, 0.1) is 11.3 Å². The molecule has 0 bridgehead atoms. The summed E-state index contributed by atoms with van der Waals surface area (Å²) in [6.45, 7) is 2.81. The molecular formula is C19H18F3N3O. The molecule has 1 amide bonds. The lowest BCUT2D eigenvalue weighted by Crippen LogP contribution is -2.24. The number of benzene rings is 2. The normalized spacial score (nSPS) is 10.9. The average Bonchev–Trinajstić information content (AvgIpc) is 2.63. The van der Waals surface area contributed by atoms with Crippen molar-refractivity contribution < 1.29 is 18.0 Å². The predicted octanol–water partition coefficient (Wildman–Crippen LogP) is 4.33. The molecule has 0 spiro atoms. The highest BCUT2D eigenvalue weighted by atomic mass is 19.4. The molecule has 0 aromatic heterocycles. The van der Waals surface area contributed by atoms with Crippen LogP contribution < -0.4 is 10.6 Å². The molecule has 0 unspecified atom stereocenters. The lowest BCUT2D eigenvalue weighted by atomic mass is 10.1. The molecule has 4 nitrogen and oxygen atoms in total. The fourth-order valence-electron chi connectivity index (χ4n) is 2.33. The molecule has 0 fully saturated rings. The van der Waals surface area contributed by atoms with Crippen molar-refractivity contribution in [2.24, 2.45) is 0 Å². The van der Waals surface area contributed by atoms with Crippen molar-refractivity contribution in [1.82, 2.24) is 5.32 Å². The van der Waals surface area contributed by atoms with Crippen molar-refractivity contribution in [3.05, 3.63) is 64.7 Å². The molecule has 2 N–H and O–H groups in total. The Labute approximate surface area is 149 Å². The summed E-state index contributed by atoms with van der Waals surface area (Å²) >= 11 is 0. The number of carbonyl (C=O) groups excluding carboxylic acids is 1. The SMILES string of the molecule is CCCNC(=O)c1cccc(CNc2ccc(C(F)(F)F)cc2C#N)c1. The molecule has 0 aliphatic rings. The van der Waals surface area contributed by atoms with Gasteiger partial charge in [-0.25, -0.2) is 0 Å². The van der Waals surface area contributed by atoms with E-state index in [-0.39, 0.29) is 18.0 Å². The summed E-state index contributed by atoms with van der Waals surface area (Å²) < 4.78 is 38.2. The van der Waals surface area contributed by atoms with Gasteiger partial charge in [-0.3, -0.25) is 4.79 Å². The van der Waals surface area contributed by atoms with E-state index >= 15 is 0 Å². The quantitative estimate of drug-likeness (QED) is 0.805. The van der Waals surface area contributed by atoms with Crippen molar-refractivity contribution in [2.45, 2.75) is 26.1 Å². The first-order chi connectivity index (χ1) is 12.3. The number of nitrogens with zero attached hydrogens (tertiary/aromatic N) is 1. The molecule has 0 heterocycles. The number of hydrogen-bond acceptors (Lipinski definition) is 3. The van der Waals surface area contributed by atoms with Crippen LogP contribution in [-0.4, -0.2) is 12.5 Å². The lowest BCUT2D eigenvalue weighted by molar-refractivity contribution is -0.137. The topological polar surface area (TPSA) is 64.9 Å². The van der Waals surface area contributed by atoms with Gasteiger partial charge in [-0.1, -0.05) is 19.1 Å². The zero-order valence-corrected chi connectivity index (χ0v) is 14.2. The summed E-state index contributed by atoms with van der Waals surface area (Å²) in [5, 5.41) is 14.8. The van der Waals surface area contributed by atoms with E-state index in [1.54, 1.807) is 30.3 Å². The van der Waals surface area contributed by atoms with Gasteiger partial charge in [0.05, 0.1) is 16.8 Å². The molecule has 136 valence electrons. The third-order valence-corrected chi connectivity index (χ3v) is 3.68. The summed E-state index contributed by atoms with van der Waals surface area (Å²) in [5.41, 5.74) is 0.635. The van der Waals surface area contributed by atoms with Gasteiger partial charge in [0.2, 0.25) is 0 Å². The second kappa shape index (κ2) is 8.39. The highest BCUT2D eigenvalue weighted by Gasteiger charge is 2.31. The molecule has 2 rings (SSSR count). The van der Waals surface area contributed by atoms with Crippen LogP contribution >= 0.6 is 0 Å². The van der Waals surface area contributed by atoms with Gasteiger partial charge in [-0.05, 0) is 42.3 Å². The number of hydrogen-bond donors (Lipinski definition) is 2. The Morgan fingerprint density at radius 2 is 1.96 bits per heavy atom. The van der Waals surface area contributed by atoms with E-state index in [9.17, 15) is 18.0 Å². The summed E-state index contributed by atoms with van der Waals surface area (Å²) in [6, 6.07) is 11.7. The van der Waals surface area contributed by atoms with Gasteiger partial charge in [0.1, 0.15) is 6.07 Å². The minimum Gasteiger partial charge on any atom is -0.380 e. The maximum atomic E-state index is 12.7. The number of amides is 1. The summed E-state index contributed by atoms with van der Waals surface area (Å²) in [5.74, 6) is -0.180. The molecule has 0 aliphatic heterocycles. The smallest absolute Gasteiger partial charge is 0.380 e. The highest BCUT2D eigenvalue weighted by Crippen LogP contribution is 2.31. The van der Waals surface area contributed by atoms with Gasteiger partial charge < -0.3 is 10.6 Å². The number of alkyl halides is 3. The van der Waals surface area contributed by atoms with Crippen molar-refractivity contribution in [3.8, 4) is 6.07 Å². The lowest BCUT2D eigenvalue weighted by Gasteiger charge is -2.12. The van der Waals surface area contributed by atoms with Crippen LogP contribution in [0.2, 0.25) is 0 Å². The molecule has 0 radical (unpaired) electrons. The molecule has 0 atom stereocenters. The Bertz CT molecular complexity index is 826. The van der Waals surface area contributed by atoms with E-state index in [2.05, 4.69) is 10.6 Å². The van der Waals surface area contributed by atoms with E-state index in [4.69, 9.17) is 5.26 Å². The number of halogens is 3. The zero-order chi connectivity index (χ0) is 19.2. The van der Waals surface area contributed by atoms with E-state index in [1.165, 1.54) is 6.07 Å². The molecule has 2 aromatic rings. The Morgan fingerprint density at radius 1 is 1.19 bits per heavy atom. The molecule has 0 saturated heterocycles. The van der Waals surface area contributed by atoms with Crippen molar-refractivity contribution in [2.75, 3.05) is 11.9 Å². The van der Waals surface area contributed by atoms with E-state index in [1.807, 2.05) is 6.92 Å². The number of anilines is 1. The largest absolute Gasteiger partial charge is 0.416 e. The standard InChI is InChI=1S/C19H18F3N3O/c1-2-8-24-18(26)14-5-3-4-13(9-14)12-25-17-7-6-16(19(20,21)22)10-15(17)11-23/h3-7,9-10,25H,2,8,12H2,1H3,(H,24,26). The van der Waals surface area contributed by atoms with Crippen LogP contribution in [0.1, 0.15) is 40.4 Å². The Morgan fingerprint density at radius 3 is 2.62 bits per heavy atom. The first-order valence-electron chi connectivity index (χ1n) is 8.07. The first kappa shape index (κ1) is 19.3. The number of rotatable bonds is 6. The van der Waals surface area contributed by atoms with Crippen LogP contribution in [-0.2, 0) is 12.7 Å². The summed E-state index contributed by atoms with van der Waals surface area (Å²) in [4.78, 5) is 12.0. The van der Waals surface area contributed by atoms with Crippen molar-refractivity contribution >= 4 is 11.6 Å². The van der Waals surface area contributed by atoms with E-state index < -0.39 is 11.7 Å². The molecular weight excluding hydrogens is 343 g/mol. The van der Waals surface area contributed by atoms with Crippen molar-refractivity contribution in [3.63, 3.8) is 0 Å². The maximum absolute atomic E-state index is 12.7. The number of nitrogens with one attached hydrogen (secondary N) is 2. The van der Waals surface area contributed by atoms with Gasteiger partial charge in [-0.2, -0.15) is 18.4 Å².